The molecule has 4 rings (SSSR count). The maximum atomic E-state index is 12.6. The minimum atomic E-state index is -5.76. The van der Waals surface area contributed by atoms with Gasteiger partial charge in [-0.25, -0.2) is 8.78 Å². The zero-order chi connectivity index (χ0) is 40.8. The van der Waals surface area contributed by atoms with Crippen LogP contribution >= 0.6 is 0 Å². The minimum absolute atomic E-state index is 1.41. The molecular weight excluding hydrogens is 949 g/mol. The molecule has 25 nitrogen and oxygen atoms in total. The second-order valence-electron chi connectivity index (χ2n) is 8.05. The van der Waals surface area contributed by atoms with Crippen LogP contribution in [0, 0.1) is 0 Å². The van der Waals surface area contributed by atoms with Gasteiger partial charge < -0.3 is 0 Å². The molecule has 4 fully saturated rings. The molecule has 0 aromatic rings. The summed E-state index contributed by atoms with van der Waals surface area (Å²) in [5, 5.41) is -4.65. The van der Waals surface area contributed by atoms with Crippen LogP contribution in [0.2, 0.25) is 0 Å². The van der Waals surface area contributed by atoms with Crippen molar-refractivity contribution in [3.05, 3.63) is 0 Å². The Morgan fingerprint density at radius 1 is 0.412 bits per heavy atom. The lowest BCUT2D eigenvalue weighted by Crippen LogP contribution is -2.45. The average Bonchev–Trinajstić information content (AvgIpc) is 2.74. The molecule has 0 aromatic carbocycles. The smallest absolute Gasteiger partial charge is 0.263 e. The summed E-state index contributed by atoms with van der Waals surface area (Å²) in [6.45, 7) is -2.82. The number of halogens is 8. The van der Waals surface area contributed by atoms with Gasteiger partial charge in [0.05, 0.1) is 0 Å². The Labute approximate surface area is 281 Å². The van der Waals surface area contributed by atoms with Gasteiger partial charge in [-0.3, -0.25) is 8.37 Å². The van der Waals surface area contributed by atoms with Crippen LogP contribution in [0.4, 0.5) is 35.1 Å². The molecule has 0 aliphatic carbocycles. The predicted molar refractivity (Wildman–Crippen MR) is 132 cm³/mol. The van der Waals surface area contributed by atoms with E-state index >= 15 is 0 Å². The van der Waals surface area contributed by atoms with E-state index in [0.29, 0.717) is 0 Å². The fourth-order valence-electron chi connectivity index (χ4n) is 2.07. The van der Waals surface area contributed by atoms with E-state index in [2.05, 4.69) is 32.4 Å². The average molecular weight is 959 g/mol. The maximum Gasteiger partial charge on any atom is 0.514 e. The van der Waals surface area contributed by atoms with Gasteiger partial charge >= 0.3 is 48.8 Å². The Kier molecular flexibility index (Phi) is 13.9. The summed E-state index contributed by atoms with van der Waals surface area (Å²) in [6.07, 6.45) is -9.26. The zero-order valence-electron chi connectivity index (χ0n) is 22.4. The molecule has 0 atom stereocenters. The van der Waals surface area contributed by atoms with E-state index in [1.807, 2.05) is 0 Å². The maximum absolute atomic E-state index is 12.6. The molecule has 4 saturated heterocycles. The van der Waals surface area contributed by atoms with Crippen molar-refractivity contribution >= 4 is 92.3 Å². The van der Waals surface area contributed by atoms with Crippen LogP contribution in [-0.4, -0.2) is 123 Å². The first kappa shape index (κ1) is 47.9. The molecule has 4 heterocycles. The van der Waals surface area contributed by atoms with Crippen molar-refractivity contribution < 1.29 is 139 Å². The molecule has 42 heteroatoms. The van der Waals surface area contributed by atoms with Crippen molar-refractivity contribution in [1.82, 2.24) is 0 Å². The topological polar surface area (TPSA) is 364 Å². The van der Waals surface area contributed by atoms with Crippen LogP contribution in [0.1, 0.15) is 0 Å². The summed E-state index contributed by atoms with van der Waals surface area (Å²) in [7, 11) is -39.6. The van der Waals surface area contributed by atoms with Crippen LogP contribution in [0.15, 0.2) is 0 Å². The van der Waals surface area contributed by atoms with Crippen molar-refractivity contribution in [2.45, 2.75) is 23.1 Å². The fraction of sp³-hybridized carbons (Fsp3) is 1.00. The largest absolute Gasteiger partial charge is 0.514 e. The lowest BCUT2D eigenvalue weighted by atomic mass is 10.4. The Morgan fingerprint density at radius 2 is 0.647 bits per heavy atom. The first-order valence-electron chi connectivity index (χ1n) is 10.3. The van der Waals surface area contributed by atoms with E-state index in [1.165, 1.54) is 0 Å². The van der Waals surface area contributed by atoms with Crippen LogP contribution < -0.4 is 0 Å². The molecule has 51 heavy (non-hydrogen) atoms. The molecular formula is C9H10F8O25S9. The van der Waals surface area contributed by atoms with Gasteiger partial charge in [0.2, 0.25) is 15.3 Å². The molecule has 306 valence electrons. The van der Waals surface area contributed by atoms with Crippen LogP contribution in [0.3, 0.4) is 0 Å². The van der Waals surface area contributed by atoms with E-state index < -0.39 is 144 Å². The van der Waals surface area contributed by atoms with E-state index in [0.717, 1.165) is 0 Å². The first-order chi connectivity index (χ1) is 22.0. The predicted octanol–water partition coefficient (Wildman–Crippen LogP) is -3.49. The van der Waals surface area contributed by atoms with Crippen molar-refractivity contribution in [1.29, 1.82) is 0 Å². The van der Waals surface area contributed by atoms with Gasteiger partial charge in [-0.15, -0.1) is 24.8 Å². The van der Waals surface area contributed by atoms with Gasteiger partial charge in [-0.2, -0.15) is 97.1 Å². The van der Waals surface area contributed by atoms with E-state index in [4.69, 9.17) is 0 Å². The Balaban J connectivity index is 0.000000341. The third kappa shape index (κ3) is 15.6. The second kappa shape index (κ2) is 14.8. The van der Waals surface area contributed by atoms with E-state index in [-0.39, 0.29) is 0 Å². The highest BCUT2D eigenvalue weighted by Crippen LogP contribution is 2.36. The lowest BCUT2D eigenvalue weighted by molar-refractivity contribution is -0.307. The Bertz CT molecular complexity index is 2030. The number of hydrogen-bond acceptors (Lipinski definition) is 25. The third-order valence-corrected chi connectivity index (χ3v) is 17.9. The van der Waals surface area contributed by atoms with Gasteiger partial charge in [-0.1, -0.05) is 0 Å². The quantitative estimate of drug-likeness (QED) is 0.168. The zero-order valence-corrected chi connectivity index (χ0v) is 29.8. The van der Waals surface area contributed by atoms with E-state index in [1.54, 1.807) is 0 Å². The summed E-state index contributed by atoms with van der Waals surface area (Å²) >= 11 is -3.28. The molecule has 0 N–H and O–H groups in total. The van der Waals surface area contributed by atoms with Gasteiger partial charge in [0.15, 0.2) is 0 Å². The lowest BCUT2D eigenvalue weighted by Gasteiger charge is -2.19. The van der Waals surface area contributed by atoms with Crippen LogP contribution in [0.25, 0.3) is 0 Å². The van der Waals surface area contributed by atoms with Crippen molar-refractivity contribution in [2.24, 2.45) is 0 Å². The van der Waals surface area contributed by atoms with Crippen molar-refractivity contribution in [3.63, 3.8) is 0 Å². The summed E-state index contributed by atoms with van der Waals surface area (Å²) in [5.41, 5.74) is 0. The van der Waals surface area contributed by atoms with Gasteiger partial charge in [0, 0.05) is 0 Å². The fourth-order valence-corrected chi connectivity index (χ4v) is 13.3. The number of rotatable bonds is 0. The normalized spacial score (nSPS) is 30.9. The highest BCUT2D eigenvalue weighted by atomic mass is 32.4. The molecule has 0 amide bonds. The molecule has 0 unspecified atom stereocenters. The second-order valence-corrected chi connectivity index (χ2v) is 23.3. The third-order valence-electron chi connectivity index (χ3n) is 3.53. The van der Waals surface area contributed by atoms with Crippen LogP contribution in [-0.2, 0) is 125 Å². The SMILES string of the molecule is O=S1(=O)CS(=O)(=O)OC(F)(F)O1.O=S1(=O)CS(=O)(=O)OC(F)(F)O1.O=S1(=O)CS(=O)(=O)OCC(F)(F)CO1.O=S1OS(=O)(=O)C(F)(F)S(=O)(=O)O1. The molecule has 0 aromatic heterocycles. The summed E-state index contributed by atoms with van der Waals surface area (Å²) in [6, 6.07) is 0. The molecule has 4 aliphatic rings. The summed E-state index contributed by atoms with van der Waals surface area (Å²) in [4.78, 5) is 0. The summed E-state index contributed by atoms with van der Waals surface area (Å²) < 4.78 is 295. The standard InChI is InChI=1S/C4H6F2O6S2.2C2H2F2O6S2.CF2O7S3/c5-4(6)1-11-13(7,8)3-14(9,10)12-2-4;2*3-2(4)9-11(5,6)1-12(7,8)10-2;2-1(3)12(5,6)9-11(4)10-13(1,7)8/h1-3H2;2*1H2;. The molecule has 4 aliphatic heterocycles. The van der Waals surface area contributed by atoms with Gasteiger partial charge in [0.25, 0.3) is 66.6 Å². The molecule has 0 saturated carbocycles. The van der Waals surface area contributed by atoms with E-state index in [9.17, 15) is 107 Å². The highest BCUT2D eigenvalue weighted by Gasteiger charge is 2.66. The Morgan fingerprint density at radius 3 is 0.882 bits per heavy atom. The Hall–Kier alpha value is -1.13. The monoisotopic (exact) mass is 958 g/mol. The molecule has 0 bridgehead atoms. The van der Waals surface area contributed by atoms with Gasteiger partial charge in [0.1, 0.15) is 13.2 Å². The number of alkyl halides is 8. The molecule has 0 radical (unpaired) electrons. The number of hydrogen-bond donors (Lipinski definition) is 0. The van der Waals surface area contributed by atoms with Crippen molar-refractivity contribution in [3.8, 4) is 0 Å². The van der Waals surface area contributed by atoms with Crippen LogP contribution in [0.5, 0.6) is 0 Å². The highest BCUT2D eigenvalue weighted by molar-refractivity contribution is 8.14. The first-order valence-corrected chi connectivity index (χ1v) is 23.5. The summed E-state index contributed by atoms with van der Waals surface area (Å²) in [5.74, 6) is -3.64. The van der Waals surface area contributed by atoms with Gasteiger partial charge in [-0.05, 0) is 0 Å². The minimum Gasteiger partial charge on any atom is -0.263 e. The molecule has 0 spiro atoms. The van der Waals surface area contributed by atoms with Crippen molar-refractivity contribution in [2.75, 3.05) is 28.5 Å².